The van der Waals surface area contributed by atoms with Gasteiger partial charge in [0.25, 0.3) is 0 Å². The van der Waals surface area contributed by atoms with Crippen molar-refractivity contribution >= 4 is 0 Å². The summed E-state index contributed by atoms with van der Waals surface area (Å²) < 4.78 is 7.09. The number of nitrogens with one attached hydrogen (secondary N) is 1. The van der Waals surface area contributed by atoms with E-state index in [4.69, 9.17) is 4.74 Å². The Hall–Kier alpha value is -1.88. The Morgan fingerprint density at radius 1 is 1.32 bits per heavy atom. The molecule has 0 fully saturated rings. The fraction of sp³-hybridized carbons (Fsp3) is 0.429. The first-order chi connectivity index (χ1) is 9.24. The van der Waals surface area contributed by atoms with Crippen molar-refractivity contribution < 1.29 is 4.74 Å². The van der Waals surface area contributed by atoms with Crippen LogP contribution in [0.3, 0.4) is 0 Å². The predicted molar refractivity (Wildman–Crippen MR) is 73.9 cm³/mol. The molecule has 0 radical (unpaired) electrons. The molecule has 0 aliphatic carbocycles. The molecule has 0 aliphatic rings. The molecule has 0 bridgehead atoms. The predicted octanol–water partition coefficient (Wildman–Crippen LogP) is 1.68. The maximum absolute atomic E-state index is 5.23. The molecule has 2 heterocycles. The lowest BCUT2D eigenvalue weighted by atomic mass is 10.2. The molecule has 0 atom stereocenters. The second-order valence-corrected chi connectivity index (χ2v) is 4.40. The first-order valence-electron chi connectivity index (χ1n) is 6.44. The average Bonchev–Trinajstić information content (AvgIpc) is 2.79. The topological polar surface area (TPSA) is 52.0 Å². The van der Waals surface area contributed by atoms with E-state index in [1.54, 1.807) is 13.3 Å². The molecule has 0 amide bonds. The van der Waals surface area contributed by atoms with E-state index in [9.17, 15) is 0 Å². The van der Waals surface area contributed by atoms with Crippen molar-refractivity contribution in [3.05, 3.63) is 41.3 Å². The second kappa shape index (κ2) is 6.33. The van der Waals surface area contributed by atoms with E-state index >= 15 is 0 Å². The fourth-order valence-corrected chi connectivity index (χ4v) is 2.10. The third-order valence-electron chi connectivity index (χ3n) is 3.00. The number of rotatable bonds is 6. The van der Waals surface area contributed by atoms with Gasteiger partial charge in [0.2, 0.25) is 5.88 Å². The first kappa shape index (κ1) is 13.5. The lowest BCUT2D eigenvalue weighted by Gasteiger charge is -2.08. The van der Waals surface area contributed by atoms with Crippen LogP contribution in [0.2, 0.25) is 0 Å². The van der Waals surface area contributed by atoms with Crippen molar-refractivity contribution in [2.75, 3.05) is 7.11 Å². The summed E-state index contributed by atoms with van der Waals surface area (Å²) in [5, 5.41) is 7.84. The number of nitrogens with zero attached hydrogens (tertiary/aromatic N) is 3. The van der Waals surface area contributed by atoms with Crippen molar-refractivity contribution in [3.63, 3.8) is 0 Å². The Balaban J connectivity index is 1.96. The van der Waals surface area contributed by atoms with Crippen LogP contribution in [0.25, 0.3) is 0 Å². The Labute approximate surface area is 113 Å². The summed E-state index contributed by atoms with van der Waals surface area (Å²) in [6.07, 6.45) is 4.75. The van der Waals surface area contributed by atoms with E-state index in [-0.39, 0.29) is 0 Å². The van der Waals surface area contributed by atoms with Gasteiger partial charge in [-0.3, -0.25) is 4.68 Å². The minimum Gasteiger partial charge on any atom is -0.481 e. The summed E-state index contributed by atoms with van der Waals surface area (Å²) in [6, 6.07) is 3.93. The smallest absolute Gasteiger partial charge is 0.217 e. The number of aryl methyl sites for hydroxylation is 2. The molecule has 0 unspecified atom stereocenters. The number of aromatic nitrogens is 3. The average molecular weight is 260 g/mol. The van der Waals surface area contributed by atoms with Crippen LogP contribution in [-0.4, -0.2) is 21.9 Å². The van der Waals surface area contributed by atoms with Crippen LogP contribution in [0.15, 0.2) is 24.5 Å². The molecule has 0 aliphatic heterocycles. The number of ether oxygens (including phenoxy) is 1. The van der Waals surface area contributed by atoms with Crippen molar-refractivity contribution in [1.29, 1.82) is 0 Å². The lowest BCUT2D eigenvalue weighted by molar-refractivity contribution is 0.390. The summed E-state index contributed by atoms with van der Waals surface area (Å²) in [5.41, 5.74) is 3.45. The molecule has 0 saturated carbocycles. The SMILES string of the molecule is CCc1nn(C)cc1CNCc1cccnc1OC. The zero-order chi connectivity index (χ0) is 13.7. The molecule has 5 nitrogen and oxygen atoms in total. The molecule has 0 aromatic carbocycles. The standard InChI is InChI=1S/C14H20N4O/c1-4-13-12(10-18(2)17-13)9-15-8-11-6-5-7-16-14(11)19-3/h5-7,10,15H,4,8-9H2,1-3H3. The summed E-state index contributed by atoms with van der Waals surface area (Å²) in [4.78, 5) is 4.18. The van der Waals surface area contributed by atoms with Crippen LogP contribution >= 0.6 is 0 Å². The summed E-state index contributed by atoms with van der Waals surface area (Å²) >= 11 is 0. The molecule has 0 saturated heterocycles. The second-order valence-electron chi connectivity index (χ2n) is 4.40. The van der Waals surface area contributed by atoms with Gasteiger partial charge in [0.05, 0.1) is 12.8 Å². The van der Waals surface area contributed by atoms with Crippen LogP contribution in [0.5, 0.6) is 5.88 Å². The number of pyridine rings is 1. The summed E-state index contributed by atoms with van der Waals surface area (Å²) in [6.45, 7) is 3.65. The maximum atomic E-state index is 5.23. The van der Waals surface area contributed by atoms with Gasteiger partial charge in [-0.15, -0.1) is 0 Å². The number of hydrogen-bond donors (Lipinski definition) is 1. The Morgan fingerprint density at radius 3 is 2.84 bits per heavy atom. The van der Waals surface area contributed by atoms with E-state index in [0.29, 0.717) is 5.88 Å². The summed E-state index contributed by atoms with van der Waals surface area (Å²) in [5.74, 6) is 0.678. The van der Waals surface area contributed by atoms with Crippen LogP contribution in [0.4, 0.5) is 0 Å². The fourth-order valence-electron chi connectivity index (χ4n) is 2.10. The Kier molecular flexibility index (Phi) is 4.52. The van der Waals surface area contributed by atoms with Crippen molar-refractivity contribution in [2.45, 2.75) is 26.4 Å². The monoisotopic (exact) mass is 260 g/mol. The largest absolute Gasteiger partial charge is 0.481 e. The first-order valence-corrected chi connectivity index (χ1v) is 6.44. The van der Waals surface area contributed by atoms with Crippen molar-refractivity contribution in [1.82, 2.24) is 20.1 Å². The molecule has 2 aromatic heterocycles. The molecule has 5 heteroatoms. The highest BCUT2D eigenvalue weighted by molar-refractivity contribution is 5.25. The van der Waals surface area contributed by atoms with Gasteiger partial charge >= 0.3 is 0 Å². The van der Waals surface area contributed by atoms with Crippen molar-refractivity contribution in [2.24, 2.45) is 7.05 Å². The van der Waals surface area contributed by atoms with Gasteiger partial charge < -0.3 is 10.1 Å². The van der Waals surface area contributed by atoms with Crippen LogP contribution < -0.4 is 10.1 Å². The van der Waals surface area contributed by atoms with E-state index in [0.717, 1.165) is 30.8 Å². The normalized spacial score (nSPS) is 10.7. The lowest BCUT2D eigenvalue weighted by Crippen LogP contribution is -2.14. The van der Waals surface area contributed by atoms with Crippen LogP contribution in [0, 0.1) is 0 Å². The van der Waals surface area contributed by atoms with E-state index in [1.807, 2.05) is 23.9 Å². The highest BCUT2D eigenvalue weighted by Crippen LogP contribution is 2.13. The van der Waals surface area contributed by atoms with Gasteiger partial charge in [-0.05, 0) is 12.5 Å². The molecule has 0 spiro atoms. The van der Waals surface area contributed by atoms with Crippen molar-refractivity contribution in [3.8, 4) is 5.88 Å². The minimum absolute atomic E-state index is 0.678. The molecule has 1 N–H and O–H groups in total. The molecule has 2 rings (SSSR count). The van der Waals surface area contributed by atoms with Crippen LogP contribution in [0.1, 0.15) is 23.7 Å². The highest BCUT2D eigenvalue weighted by Gasteiger charge is 2.06. The highest BCUT2D eigenvalue weighted by atomic mass is 16.5. The Morgan fingerprint density at radius 2 is 2.11 bits per heavy atom. The third kappa shape index (κ3) is 3.32. The zero-order valence-electron chi connectivity index (χ0n) is 11.7. The maximum Gasteiger partial charge on any atom is 0.217 e. The third-order valence-corrected chi connectivity index (χ3v) is 3.00. The number of hydrogen-bond acceptors (Lipinski definition) is 4. The summed E-state index contributed by atoms with van der Waals surface area (Å²) in [7, 11) is 3.59. The van der Waals surface area contributed by atoms with E-state index in [1.165, 1.54) is 5.56 Å². The van der Waals surface area contributed by atoms with Gasteiger partial charge in [0.1, 0.15) is 0 Å². The van der Waals surface area contributed by atoms with Gasteiger partial charge in [0, 0.05) is 43.7 Å². The number of methoxy groups -OCH3 is 1. The van der Waals surface area contributed by atoms with Crippen LogP contribution in [-0.2, 0) is 26.6 Å². The van der Waals surface area contributed by atoms with Gasteiger partial charge in [0.15, 0.2) is 0 Å². The molecule has 19 heavy (non-hydrogen) atoms. The molecular formula is C14H20N4O. The molecule has 102 valence electrons. The zero-order valence-corrected chi connectivity index (χ0v) is 11.7. The molecular weight excluding hydrogens is 240 g/mol. The Bertz CT molecular complexity index is 536. The van der Waals surface area contributed by atoms with E-state index in [2.05, 4.69) is 28.5 Å². The van der Waals surface area contributed by atoms with Gasteiger partial charge in [-0.25, -0.2) is 4.98 Å². The van der Waals surface area contributed by atoms with E-state index < -0.39 is 0 Å². The minimum atomic E-state index is 0.678. The quantitative estimate of drug-likeness (QED) is 0.858. The molecule has 2 aromatic rings. The van der Waals surface area contributed by atoms with Gasteiger partial charge in [-0.2, -0.15) is 5.10 Å². The van der Waals surface area contributed by atoms with Gasteiger partial charge in [-0.1, -0.05) is 13.0 Å².